The first-order valence-electron chi connectivity index (χ1n) is 4.61. The van der Waals surface area contributed by atoms with Gasteiger partial charge in [0, 0.05) is 10.9 Å². The van der Waals surface area contributed by atoms with E-state index in [1.807, 2.05) is 6.07 Å². The summed E-state index contributed by atoms with van der Waals surface area (Å²) in [6.45, 7) is 3.45. The standard InChI is InChI=1S/C13H10O2/c1-2-12(14)10-6-3-7-11-9(10)5-4-8-13(11)15/h2-8,15H,1H2. The van der Waals surface area contributed by atoms with E-state index in [0.29, 0.717) is 10.9 Å². The van der Waals surface area contributed by atoms with Gasteiger partial charge < -0.3 is 5.11 Å². The molecule has 0 atom stereocenters. The van der Waals surface area contributed by atoms with Crippen molar-refractivity contribution in [3.63, 3.8) is 0 Å². The van der Waals surface area contributed by atoms with Crippen LogP contribution in [0.1, 0.15) is 10.4 Å². The van der Waals surface area contributed by atoms with Gasteiger partial charge in [0.05, 0.1) is 0 Å². The number of hydrogen-bond acceptors (Lipinski definition) is 2. The van der Waals surface area contributed by atoms with Crippen LogP contribution in [0.5, 0.6) is 5.75 Å². The zero-order valence-electron chi connectivity index (χ0n) is 8.10. The zero-order valence-corrected chi connectivity index (χ0v) is 8.10. The quantitative estimate of drug-likeness (QED) is 0.595. The Morgan fingerprint density at radius 1 is 1.13 bits per heavy atom. The highest BCUT2D eigenvalue weighted by Gasteiger charge is 2.07. The van der Waals surface area contributed by atoms with Crippen LogP contribution in [0.2, 0.25) is 0 Å². The highest BCUT2D eigenvalue weighted by molar-refractivity contribution is 6.13. The normalized spacial score (nSPS) is 10.1. The Hall–Kier alpha value is -2.09. The Morgan fingerprint density at radius 2 is 1.80 bits per heavy atom. The maximum Gasteiger partial charge on any atom is 0.185 e. The van der Waals surface area contributed by atoms with Gasteiger partial charge in [-0.25, -0.2) is 0 Å². The third-order valence-corrected chi connectivity index (χ3v) is 2.35. The second kappa shape index (κ2) is 3.58. The van der Waals surface area contributed by atoms with Crippen LogP contribution < -0.4 is 0 Å². The van der Waals surface area contributed by atoms with E-state index >= 15 is 0 Å². The van der Waals surface area contributed by atoms with Gasteiger partial charge >= 0.3 is 0 Å². The summed E-state index contributed by atoms with van der Waals surface area (Å²) in [7, 11) is 0. The van der Waals surface area contributed by atoms with E-state index < -0.39 is 0 Å². The van der Waals surface area contributed by atoms with E-state index in [1.54, 1.807) is 30.3 Å². The van der Waals surface area contributed by atoms with Crippen molar-refractivity contribution in [3.05, 3.63) is 54.6 Å². The van der Waals surface area contributed by atoms with Crippen LogP contribution in [-0.4, -0.2) is 10.9 Å². The first-order valence-corrected chi connectivity index (χ1v) is 4.61. The third-order valence-electron chi connectivity index (χ3n) is 2.35. The minimum absolute atomic E-state index is 0.133. The Kier molecular flexibility index (Phi) is 2.26. The summed E-state index contributed by atoms with van der Waals surface area (Å²) in [5.74, 6) is 0.0532. The van der Waals surface area contributed by atoms with Crippen LogP contribution in [0.25, 0.3) is 10.8 Å². The number of allylic oxidation sites excluding steroid dienone is 1. The summed E-state index contributed by atoms with van der Waals surface area (Å²) in [6, 6.07) is 10.4. The van der Waals surface area contributed by atoms with Gasteiger partial charge in [-0.1, -0.05) is 36.9 Å². The van der Waals surface area contributed by atoms with Crippen LogP contribution in [-0.2, 0) is 0 Å². The molecule has 0 heterocycles. The Labute approximate surface area is 87.5 Å². The van der Waals surface area contributed by atoms with Crippen molar-refractivity contribution in [1.82, 2.24) is 0 Å². The molecule has 0 fully saturated rings. The summed E-state index contributed by atoms with van der Waals surface area (Å²) in [4.78, 5) is 11.5. The number of aromatic hydroxyl groups is 1. The van der Waals surface area contributed by atoms with Crippen molar-refractivity contribution >= 4 is 16.6 Å². The fourth-order valence-electron chi connectivity index (χ4n) is 1.62. The molecule has 0 amide bonds. The molecule has 2 aromatic rings. The van der Waals surface area contributed by atoms with Gasteiger partial charge in [-0.2, -0.15) is 0 Å². The smallest absolute Gasteiger partial charge is 0.185 e. The van der Waals surface area contributed by atoms with Crippen LogP contribution in [0.4, 0.5) is 0 Å². The number of hydrogen-bond donors (Lipinski definition) is 1. The average Bonchev–Trinajstić information content (AvgIpc) is 2.28. The van der Waals surface area contributed by atoms with E-state index in [2.05, 4.69) is 6.58 Å². The summed E-state index contributed by atoms with van der Waals surface area (Å²) in [5, 5.41) is 11.1. The second-order valence-corrected chi connectivity index (χ2v) is 3.25. The topological polar surface area (TPSA) is 37.3 Å². The molecule has 0 aromatic heterocycles. The number of carbonyl (C=O) groups is 1. The zero-order chi connectivity index (χ0) is 10.8. The Balaban J connectivity index is 2.82. The molecular formula is C13H10O2. The molecule has 2 rings (SSSR count). The van der Waals surface area contributed by atoms with E-state index in [0.717, 1.165) is 5.39 Å². The molecule has 0 saturated heterocycles. The molecule has 0 radical (unpaired) electrons. The lowest BCUT2D eigenvalue weighted by atomic mass is 10.0. The van der Waals surface area contributed by atoms with Gasteiger partial charge in [0.15, 0.2) is 5.78 Å². The maximum atomic E-state index is 11.5. The van der Waals surface area contributed by atoms with E-state index in [4.69, 9.17) is 0 Å². The molecule has 0 saturated carbocycles. The van der Waals surface area contributed by atoms with Crippen molar-refractivity contribution < 1.29 is 9.90 Å². The lowest BCUT2D eigenvalue weighted by Gasteiger charge is -2.04. The third kappa shape index (κ3) is 1.50. The number of fused-ring (bicyclic) bond motifs is 1. The maximum absolute atomic E-state index is 11.5. The molecule has 0 aliphatic carbocycles. The van der Waals surface area contributed by atoms with Crippen LogP contribution >= 0.6 is 0 Å². The molecule has 2 aromatic carbocycles. The molecule has 74 valence electrons. The molecular weight excluding hydrogens is 188 g/mol. The number of rotatable bonds is 2. The minimum Gasteiger partial charge on any atom is -0.507 e. The Bertz CT molecular complexity index is 541. The lowest BCUT2D eigenvalue weighted by Crippen LogP contribution is -1.94. The van der Waals surface area contributed by atoms with Crippen LogP contribution in [0.3, 0.4) is 0 Å². The lowest BCUT2D eigenvalue weighted by molar-refractivity contribution is 0.104. The molecule has 15 heavy (non-hydrogen) atoms. The molecule has 0 bridgehead atoms. The van der Waals surface area contributed by atoms with Gasteiger partial charge in [0.2, 0.25) is 0 Å². The highest BCUT2D eigenvalue weighted by Crippen LogP contribution is 2.27. The second-order valence-electron chi connectivity index (χ2n) is 3.25. The Morgan fingerprint density at radius 3 is 2.53 bits per heavy atom. The predicted octanol–water partition coefficient (Wildman–Crippen LogP) is 2.91. The molecule has 2 nitrogen and oxygen atoms in total. The fourth-order valence-corrected chi connectivity index (χ4v) is 1.62. The summed E-state index contributed by atoms with van der Waals surface area (Å²) < 4.78 is 0. The number of phenols is 1. The van der Waals surface area contributed by atoms with Gasteiger partial charge in [-0.05, 0) is 17.5 Å². The van der Waals surface area contributed by atoms with E-state index in [-0.39, 0.29) is 11.5 Å². The molecule has 0 spiro atoms. The predicted molar refractivity (Wildman–Crippen MR) is 60.1 cm³/mol. The van der Waals surface area contributed by atoms with Crippen LogP contribution in [0, 0.1) is 0 Å². The molecule has 0 unspecified atom stereocenters. The number of phenolic OH excluding ortho intramolecular Hbond substituents is 1. The summed E-state index contributed by atoms with van der Waals surface area (Å²) in [5.41, 5.74) is 0.568. The first-order chi connectivity index (χ1) is 7.24. The monoisotopic (exact) mass is 198 g/mol. The molecule has 0 aliphatic heterocycles. The van der Waals surface area contributed by atoms with Crippen molar-refractivity contribution in [1.29, 1.82) is 0 Å². The first kappa shape index (κ1) is 9.46. The van der Waals surface area contributed by atoms with Gasteiger partial charge in [-0.15, -0.1) is 0 Å². The highest BCUT2D eigenvalue weighted by atomic mass is 16.3. The van der Waals surface area contributed by atoms with Crippen molar-refractivity contribution in [2.24, 2.45) is 0 Å². The van der Waals surface area contributed by atoms with E-state index in [9.17, 15) is 9.90 Å². The van der Waals surface area contributed by atoms with Gasteiger partial charge in [0.25, 0.3) is 0 Å². The summed E-state index contributed by atoms with van der Waals surface area (Å²) >= 11 is 0. The number of benzene rings is 2. The SMILES string of the molecule is C=CC(=O)c1cccc2c(O)cccc12. The average molecular weight is 198 g/mol. The van der Waals surface area contributed by atoms with Crippen molar-refractivity contribution in [2.75, 3.05) is 0 Å². The molecule has 2 heteroatoms. The summed E-state index contributed by atoms with van der Waals surface area (Å²) in [6.07, 6.45) is 1.28. The molecule has 1 N–H and O–H groups in total. The van der Waals surface area contributed by atoms with Gasteiger partial charge in [0.1, 0.15) is 5.75 Å². The van der Waals surface area contributed by atoms with Crippen LogP contribution in [0.15, 0.2) is 49.1 Å². The van der Waals surface area contributed by atoms with Gasteiger partial charge in [-0.3, -0.25) is 4.79 Å². The fraction of sp³-hybridized carbons (Fsp3) is 0. The van der Waals surface area contributed by atoms with Crippen molar-refractivity contribution in [2.45, 2.75) is 0 Å². The number of ketones is 1. The number of carbonyl (C=O) groups excluding carboxylic acids is 1. The molecule has 0 aliphatic rings. The largest absolute Gasteiger partial charge is 0.507 e. The van der Waals surface area contributed by atoms with E-state index in [1.165, 1.54) is 6.08 Å². The van der Waals surface area contributed by atoms with Crippen molar-refractivity contribution in [3.8, 4) is 5.75 Å². The minimum atomic E-state index is -0.133.